The van der Waals surface area contributed by atoms with Crippen LogP contribution in [-0.4, -0.2) is 36.3 Å². The van der Waals surface area contributed by atoms with Crippen LogP contribution in [0.3, 0.4) is 0 Å². The first-order valence-corrected chi connectivity index (χ1v) is 6.82. The second kappa shape index (κ2) is 6.16. The van der Waals surface area contributed by atoms with E-state index in [2.05, 4.69) is 42.3 Å². The minimum atomic E-state index is 0.487. The van der Waals surface area contributed by atoms with Crippen LogP contribution in [0.25, 0.3) is 0 Å². The highest BCUT2D eigenvalue weighted by Crippen LogP contribution is 2.24. The van der Waals surface area contributed by atoms with Gasteiger partial charge in [-0.1, -0.05) is 32.0 Å². The summed E-state index contributed by atoms with van der Waals surface area (Å²) < 4.78 is 5.33. The quantitative estimate of drug-likeness (QED) is 0.830. The highest BCUT2D eigenvalue weighted by molar-refractivity contribution is 7.80. The SMILES string of the molecule is CC(C)c1ccccc1NC(=S)N1CCOCC1. The van der Waals surface area contributed by atoms with Gasteiger partial charge in [-0.05, 0) is 29.8 Å². The van der Waals surface area contributed by atoms with Crippen LogP contribution in [0.2, 0.25) is 0 Å². The first-order chi connectivity index (χ1) is 8.68. The summed E-state index contributed by atoms with van der Waals surface area (Å²) in [4.78, 5) is 2.16. The van der Waals surface area contributed by atoms with Gasteiger partial charge in [-0.2, -0.15) is 0 Å². The Labute approximate surface area is 114 Å². The highest BCUT2D eigenvalue weighted by Gasteiger charge is 2.15. The topological polar surface area (TPSA) is 24.5 Å². The third kappa shape index (κ3) is 3.21. The van der Waals surface area contributed by atoms with E-state index in [-0.39, 0.29) is 0 Å². The lowest BCUT2D eigenvalue weighted by atomic mass is 10.0. The van der Waals surface area contributed by atoms with Crippen molar-refractivity contribution in [1.82, 2.24) is 4.90 Å². The van der Waals surface area contributed by atoms with Crippen molar-refractivity contribution in [3.63, 3.8) is 0 Å². The summed E-state index contributed by atoms with van der Waals surface area (Å²) >= 11 is 5.46. The van der Waals surface area contributed by atoms with E-state index in [1.165, 1.54) is 5.56 Å². The third-order valence-corrected chi connectivity index (χ3v) is 3.48. The van der Waals surface area contributed by atoms with E-state index in [1.54, 1.807) is 0 Å². The molecule has 1 N–H and O–H groups in total. The fraction of sp³-hybridized carbons (Fsp3) is 0.500. The van der Waals surface area contributed by atoms with Gasteiger partial charge < -0.3 is 15.0 Å². The van der Waals surface area contributed by atoms with Gasteiger partial charge in [0.25, 0.3) is 0 Å². The van der Waals surface area contributed by atoms with Gasteiger partial charge in [0.1, 0.15) is 0 Å². The lowest BCUT2D eigenvalue weighted by Gasteiger charge is -2.30. The molecule has 3 nitrogen and oxygen atoms in total. The molecule has 0 aliphatic carbocycles. The number of benzene rings is 1. The summed E-state index contributed by atoms with van der Waals surface area (Å²) in [5, 5.41) is 4.16. The largest absolute Gasteiger partial charge is 0.378 e. The number of hydrogen-bond donors (Lipinski definition) is 1. The van der Waals surface area contributed by atoms with Crippen molar-refractivity contribution in [2.45, 2.75) is 19.8 Å². The van der Waals surface area contributed by atoms with Crippen molar-refractivity contribution in [3.05, 3.63) is 29.8 Å². The van der Waals surface area contributed by atoms with E-state index in [0.717, 1.165) is 37.1 Å². The molecule has 2 rings (SSSR count). The number of nitrogens with one attached hydrogen (secondary N) is 1. The van der Waals surface area contributed by atoms with Gasteiger partial charge in [0, 0.05) is 18.8 Å². The van der Waals surface area contributed by atoms with Gasteiger partial charge in [-0.3, -0.25) is 0 Å². The van der Waals surface area contributed by atoms with E-state index in [0.29, 0.717) is 5.92 Å². The maximum Gasteiger partial charge on any atom is 0.173 e. The molecular formula is C14H20N2OS. The molecule has 0 unspecified atom stereocenters. The first kappa shape index (κ1) is 13.3. The summed E-state index contributed by atoms with van der Waals surface area (Å²) in [5.41, 5.74) is 2.41. The van der Waals surface area contributed by atoms with Gasteiger partial charge in [-0.15, -0.1) is 0 Å². The van der Waals surface area contributed by atoms with Crippen molar-refractivity contribution in [1.29, 1.82) is 0 Å². The summed E-state index contributed by atoms with van der Waals surface area (Å²) in [7, 11) is 0. The highest BCUT2D eigenvalue weighted by atomic mass is 32.1. The van der Waals surface area contributed by atoms with Crippen molar-refractivity contribution in [2.75, 3.05) is 31.6 Å². The van der Waals surface area contributed by atoms with Crippen LogP contribution in [0.5, 0.6) is 0 Å². The summed E-state index contributed by atoms with van der Waals surface area (Å²) in [6.45, 7) is 7.64. The maximum atomic E-state index is 5.46. The lowest BCUT2D eigenvalue weighted by molar-refractivity contribution is 0.0690. The number of para-hydroxylation sites is 1. The zero-order chi connectivity index (χ0) is 13.0. The Morgan fingerprint density at radius 1 is 1.28 bits per heavy atom. The number of hydrogen-bond acceptors (Lipinski definition) is 2. The molecule has 1 aromatic carbocycles. The number of nitrogens with zero attached hydrogens (tertiary/aromatic N) is 1. The van der Waals surface area contributed by atoms with Crippen LogP contribution >= 0.6 is 12.2 Å². The normalized spacial score (nSPS) is 15.8. The molecule has 0 radical (unpaired) electrons. The number of morpholine rings is 1. The Bertz CT molecular complexity index is 414. The van der Waals surface area contributed by atoms with E-state index < -0.39 is 0 Å². The zero-order valence-corrected chi connectivity index (χ0v) is 11.8. The van der Waals surface area contributed by atoms with Crippen LogP contribution in [0.4, 0.5) is 5.69 Å². The van der Waals surface area contributed by atoms with Gasteiger partial charge in [0.2, 0.25) is 0 Å². The van der Waals surface area contributed by atoms with E-state index in [9.17, 15) is 0 Å². The number of rotatable bonds is 2. The molecule has 0 atom stereocenters. The standard InChI is InChI=1S/C14H20N2OS/c1-11(2)12-5-3-4-6-13(12)15-14(18)16-7-9-17-10-8-16/h3-6,11H,7-10H2,1-2H3,(H,15,18). The Kier molecular flexibility index (Phi) is 4.55. The molecule has 1 aliphatic rings. The molecular weight excluding hydrogens is 244 g/mol. The molecule has 4 heteroatoms. The minimum absolute atomic E-state index is 0.487. The average Bonchev–Trinajstić information content (AvgIpc) is 2.40. The Hall–Kier alpha value is -1.13. The number of ether oxygens (including phenoxy) is 1. The Morgan fingerprint density at radius 2 is 1.94 bits per heavy atom. The molecule has 0 bridgehead atoms. The van der Waals surface area contributed by atoms with Gasteiger partial charge in [0.15, 0.2) is 5.11 Å². The predicted octanol–water partition coefficient (Wildman–Crippen LogP) is 2.84. The van der Waals surface area contributed by atoms with Crippen LogP contribution in [-0.2, 0) is 4.74 Å². The first-order valence-electron chi connectivity index (χ1n) is 6.41. The summed E-state index contributed by atoms with van der Waals surface area (Å²) in [5.74, 6) is 0.487. The average molecular weight is 264 g/mol. The van der Waals surface area contributed by atoms with Crippen LogP contribution in [0, 0.1) is 0 Å². The second-order valence-corrected chi connectivity index (χ2v) is 5.16. The fourth-order valence-corrected chi connectivity index (χ4v) is 2.37. The second-order valence-electron chi connectivity index (χ2n) is 4.77. The summed E-state index contributed by atoms with van der Waals surface area (Å²) in [6, 6.07) is 8.34. The molecule has 98 valence electrons. The van der Waals surface area contributed by atoms with Crippen LogP contribution in [0.15, 0.2) is 24.3 Å². The monoisotopic (exact) mass is 264 g/mol. The third-order valence-electron chi connectivity index (χ3n) is 3.12. The smallest absolute Gasteiger partial charge is 0.173 e. The maximum absolute atomic E-state index is 5.46. The molecule has 1 aliphatic heterocycles. The molecule has 1 aromatic rings. The van der Waals surface area contributed by atoms with Crippen molar-refractivity contribution >= 4 is 23.0 Å². The molecule has 0 amide bonds. The van der Waals surface area contributed by atoms with E-state index >= 15 is 0 Å². The number of anilines is 1. The van der Waals surface area contributed by atoms with Gasteiger partial charge in [0.05, 0.1) is 13.2 Å². The molecule has 0 spiro atoms. The molecule has 18 heavy (non-hydrogen) atoms. The molecule has 1 heterocycles. The van der Waals surface area contributed by atoms with Crippen molar-refractivity contribution in [2.24, 2.45) is 0 Å². The molecule has 0 aromatic heterocycles. The molecule has 1 saturated heterocycles. The number of thiocarbonyl (C=S) groups is 1. The molecule has 1 fully saturated rings. The molecule has 0 saturated carbocycles. The lowest BCUT2D eigenvalue weighted by Crippen LogP contribution is -2.43. The fourth-order valence-electron chi connectivity index (χ4n) is 2.08. The van der Waals surface area contributed by atoms with Crippen molar-refractivity contribution < 1.29 is 4.74 Å². The summed E-state index contributed by atoms with van der Waals surface area (Å²) in [6.07, 6.45) is 0. The van der Waals surface area contributed by atoms with Crippen LogP contribution in [0.1, 0.15) is 25.3 Å². The predicted molar refractivity (Wildman–Crippen MR) is 79.1 cm³/mol. The van der Waals surface area contributed by atoms with Gasteiger partial charge in [-0.25, -0.2) is 0 Å². The minimum Gasteiger partial charge on any atom is -0.378 e. The van der Waals surface area contributed by atoms with Crippen molar-refractivity contribution in [3.8, 4) is 0 Å². The Balaban J connectivity index is 2.06. The van der Waals surface area contributed by atoms with Crippen LogP contribution < -0.4 is 5.32 Å². The Morgan fingerprint density at radius 3 is 2.61 bits per heavy atom. The van der Waals surface area contributed by atoms with E-state index in [1.807, 2.05) is 6.07 Å². The van der Waals surface area contributed by atoms with E-state index in [4.69, 9.17) is 17.0 Å². The zero-order valence-electron chi connectivity index (χ0n) is 11.0. The van der Waals surface area contributed by atoms with Gasteiger partial charge >= 0.3 is 0 Å².